The van der Waals surface area contributed by atoms with E-state index in [0.717, 1.165) is 24.3 Å². The van der Waals surface area contributed by atoms with Crippen molar-refractivity contribution in [3.63, 3.8) is 0 Å². The van der Waals surface area contributed by atoms with E-state index in [1.54, 1.807) is 12.1 Å². The van der Waals surface area contributed by atoms with E-state index in [-0.39, 0.29) is 23.0 Å². The second-order valence-electron chi connectivity index (χ2n) is 6.87. The number of ether oxygens (including phenoxy) is 3. The van der Waals surface area contributed by atoms with Crippen molar-refractivity contribution in [2.45, 2.75) is 30.7 Å². The SMILES string of the molecule is O=C(/C=C/c1ccc(O)cc1)OC[C@H]1O[C@@H](Oc2cc(O)cc(O)c2)[C@H](O)[C@@H](O)[C@@H]1O. The Kier molecular flexibility index (Phi) is 6.98. The second-order valence-corrected chi connectivity index (χ2v) is 6.87. The van der Waals surface area contributed by atoms with E-state index < -0.39 is 43.3 Å². The number of carbonyl (C=O) groups is 1. The number of carbonyl (C=O) groups excluding carboxylic acids is 1. The van der Waals surface area contributed by atoms with Crippen molar-refractivity contribution in [3.8, 4) is 23.0 Å². The number of phenolic OH excluding ortho intramolecular Hbond substituents is 3. The minimum Gasteiger partial charge on any atom is -0.508 e. The fourth-order valence-corrected chi connectivity index (χ4v) is 2.88. The van der Waals surface area contributed by atoms with Crippen molar-refractivity contribution < 1.29 is 49.6 Å². The highest BCUT2D eigenvalue weighted by molar-refractivity contribution is 5.87. The van der Waals surface area contributed by atoms with Crippen LogP contribution in [-0.4, -0.2) is 73.9 Å². The first-order valence-corrected chi connectivity index (χ1v) is 9.26. The van der Waals surface area contributed by atoms with E-state index in [1.165, 1.54) is 18.2 Å². The predicted molar refractivity (Wildman–Crippen MR) is 105 cm³/mol. The molecule has 5 atom stereocenters. The van der Waals surface area contributed by atoms with Crippen LogP contribution in [-0.2, 0) is 14.3 Å². The van der Waals surface area contributed by atoms with Crippen LogP contribution in [0.4, 0.5) is 0 Å². The van der Waals surface area contributed by atoms with Gasteiger partial charge < -0.3 is 44.8 Å². The van der Waals surface area contributed by atoms with Crippen LogP contribution in [0.15, 0.2) is 48.5 Å². The van der Waals surface area contributed by atoms with E-state index in [4.69, 9.17) is 14.2 Å². The van der Waals surface area contributed by atoms with Gasteiger partial charge in [-0.25, -0.2) is 4.79 Å². The Morgan fingerprint density at radius 2 is 1.55 bits per heavy atom. The second kappa shape index (κ2) is 9.67. The summed E-state index contributed by atoms with van der Waals surface area (Å²) in [4.78, 5) is 11.9. The monoisotopic (exact) mass is 434 g/mol. The summed E-state index contributed by atoms with van der Waals surface area (Å²) in [5, 5.41) is 58.6. The summed E-state index contributed by atoms with van der Waals surface area (Å²) in [6, 6.07) is 9.45. The van der Waals surface area contributed by atoms with Crippen LogP contribution >= 0.6 is 0 Å². The van der Waals surface area contributed by atoms with Crippen molar-refractivity contribution in [1.29, 1.82) is 0 Å². The Morgan fingerprint density at radius 1 is 0.903 bits per heavy atom. The van der Waals surface area contributed by atoms with E-state index in [2.05, 4.69) is 0 Å². The maximum Gasteiger partial charge on any atom is 0.330 e. The summed E-state index contributed by atoms with van der Waals surface area (Å²) in [6.45, 7) is -0.450. The third kappa shape index (κ3) is 5.86. The third-order valence-electron chi connectivity index (χ3n) is 4.49. The minimum atomic E-state index is -1.67. The van der Waals surface area contributed by atoms with Crippen LogP contribution in [0.25, 0.3) is 6.08 Å². The summed E-state index contributed by atoms with van der Waals surface area (Å²) in [6.07, 6.45) is -4.99. The van der Waals surface area contributed by atoms with Crippen LogP contribution in [0.3, 0.4) is 0 Å². The number of aromatic hydroxyl groups is 3. The molecule has 1 aliphatic rings. The molecular formula is C21H22O10. The molecule has 31 heavy (non-hydrogen) atoms. The molecule has 10 heteroatoms. The number of rotatable bonds is 6. The molecule has 0 aliphatic carbocycles. The summed E-state index contributed by atoms with van der Waals surface area (Å²) < 4.78 is 15.8. The largest absolute Gasteiger partial charge is 0.508 e. The average molecular weight is 434 g/mol. The molecule has 2 aromatic carbocycles. The molecular weight excluding hydrogens is 412 g/mol. The lowest BCUT2D eigenvalue weighted by Gasteiger charge is -2.39. The quantitative estimate of drug-likeness (QED) is 0.274. The third-order valence-corrected chi connectivity index (χ3v) is 4.49. The number of hydrogen-bond donors (Lipinski definition) is 6. The molecule has 1 aliphatic heterocycles. The molecule has 3 rings (SSSR count). The lowest BCUT2D eigenvalue weighted by atomic mass is 9.99. The lowest BCUT2D eigenvalue weighted by Crippen LogP contribution is -2.60. The summed E-state index contributed by atoms with van der Waals surface area (Å²) in [7, 11) is 0. The molecule has 6 N–H and O–H groups in total. The van der Waals surface area contributed by atoms with Gasteiger partial charge in [-0.15, -0.1) is 0 Å². The van der Waals surface area contributed by atoms with Crippen LogP contribution in [0.5, 0.6) is 23.0 Å². The van der Waals surface area contributed by atoms with Crippen molar-refractivity contribution >= 4 is 12.0 Å². The molecule has 0 unspecified atom stereocenters. The van der Waals surface area contributed by atoms with Gasteiger partial charge in [-0.2, -0.15) is 0 Å². The van der Waals surface area contributed by atoms with Crippen molar-refractivity contribution in [2.75, 3.05) is 6.61 Å². The van der Waals surface area contributed by atoms with E-state index in [0.29, 0.717) is 5.56 Å². The molecule has 1 fully saturated rings. The zero-order valence-electron chi connectivity index (χ0n) is 16.1. The van der Waals surface area contributed by atoms with E-state index >= 15 is 0 Å². The lowest BCUT2D eigenvalue weighted by molar-refractivity contribution is -0.278. The number of hydrogen-bond acceptors (Lipinski definition) is 10. The predicted octanol–water partition coefficient (Wildman–Crippen LogP) is 0.246. The topological polar surface area (TPSA) is 166 Å². The van der Waals surface area contributed by atoms with Gasteiger partial charge in [0.25, 0.3) is 0 Å². The van der Waals surface area contributed by atoms with Gasteiger partial charge in [-0.05, 0) is 23.8 Å². The highest BCUT2D eigenvalue weighted by atomic mass is 16.7. The average Bonchev–Trinajstić information content (AvgIpc) is 2.72. The van der Waals surface area contributed by atoms with Gasteiger partial charge in [-0.3, -0.25) is 0 Å². The van der Waals surface area contributed by atoms with E-state index in [1.807, 2.05) is 0 Å². The maximum absolute atomic E-state index is 11.9. The van der Waals surface area contributed by atoms with Crippen LogP contribution in [0.2, 0.25) is 0 Å². The molecule has 2 aromatic rings. The van der Waals surface area contributed by atoms with Crippen molar-refractivity contribution in [3.05, 3.63) is 54.1 Å². The van der Waals surface area contributed by atoms with Gasteiger partial charge in [0.2, 0.25) is 6.29 Å². The molecule has 0 amide bonds. The van der Waals surface area contributed by atoms with Gasteiger partial charge >= 0.3 is 5.97 Å². The molecule has 0 spiro atoms. The molecule has 0 radical (unpaired) electrons. The Morgan fingerprint density at radius 3 is 2.19 bits per heavy atom. The summed E-state index contributed by atoms with van der Waals surface area (Å²) in [5.74, 6) is -1.32. The van der Waals surface area contributed by atoms with Gasteiger partial charge in [0, 0.05) is 24.3 Å². The van der Waals surface area contributed by atoms with Crippen molar-refractivity contribution in [2.24, 2.45) is 0 Å². The Hall–Kier alpha value is -3.31. The minimum absolute atomic E-state index is 0.0577. The maximum atomic E-state index is 11.9. The fourth-order valence-electron chi connectivity index (χ4n) is 2.88. The number of aliphatic hydroxyl groups is 3. The van der Waals surface area contributed by atoms with Crippen molar-refractivity contribution in [1.82, 2.24) is 0 Å². The smallest absolute Gasteiger partial charge is 0.330 e. The molecule has 0 saturated carbocycles. The van der Waals surface area contributed by atoms with Crippen LogP contribution in [0, 0.1) is 0 Å². The first kappa shape index (κ1) is 22.4. The first-order chi connectivity index (χ1) is 14.7. The zero-order valence-corrected chi connectivity index (χ0v) is 16.1. The Bertz CT molecular complexity index is 906. The zero-order chi connectivity index (χ0) is 22.5. The van der Waals surface area contributed by atoms with Crippen LogP contribution in [0.1, 0.15) is 5.56 Å². The summed E-state index contributed by atoms with van der Waals surface area (Å²) >= 11 is 0. The van der Waals surface area contributed by atoms with Gasteiger partial charge in [-0.1, -0.05) is 12.1 Å². The first-order valence-electron chi connectivity index (χ1n) is 9.26. The van der Waals surface area contributed by atoms with E-state index in [9.17, 15) is 35.4 Å². The summed E-state index contributed by atoms with van der Waals surface area (Å²) in [5.41, 5.74) is 0.644. The molecule has 10 nitrogen and oxygen atoms in total. The van der Waals surface area contributed by atoms with Gasteiger partial charge in [0.15, 0.2) is 0 Å². The number of esters is 1. The Balaban J connectivity index is 1.60. The normalized spacial score (nSPS) is 26.0. The fraction of sp³-hybridized carbons (Fsp3) is 0.286. The standard InChI is InChI=1S/C21H22O10/c22-12-4-1-11(2-5-12)3-6-17(25)29-10-16-18(26)19(27)20(28)21(31-16)30-15-8-13(23)7-14(24)9-15/h1-9,16,18-24,26-28H,10H2/b6-3+/t16-,18-,19+,20-,21-/m1/s1. The molecule has 166 valence electrons. The highest BCUT2D eigenvalue weighted by Crippen LogP contribution is 2.29. The highest BCUT2D eigenvalue weighted by Gasteiger charge is 2.45. The molecule has 1 heterocycles. The molecule has 0 bridgehead atoms. The van der Waals surface area contributed by atoms with Gasteiger partial charge in [0.1, 0.15) is 54.0 Å². The van der Waals surface area contributed by atoms with Gasteiger partial charge in [0.05, 0.1) is 0 Å². The Labute approximate surface area is 176 Å². The number of aliphatic hydroxyl groups excluding tert-OH is 3. The van der Waals surface area contributed by atoms with Crippen LogP contribution < -0.4 is 4.74 Å². The number of phenols is 3. The number of benzene rings is 2. The molecule has 1 saturated heterocycles. The molecule has 0 aromatic heterocycles.